The average molecular weight is 323 g/mol. The van der Waals surface area contributed by atoms with Gasteiger partial charge in [-0.05, 0) is 6.92 Å². The number of hydrogen-bond donors (Lipinski definition) is 2. The molecule has 2 aliphatic rings. The Labute approximate surface area is 119 Å². The van der Waals surface area contributed by atoms with Crippen LogP contribution in [0.3, 0.4) is 0 Å². The lowest BCUT2D eigenvalue weighted by Gasteiger charge is -2.43. The summed E-state index contributed by atoms with van der Waals surface area (Å²) < 4.78 is 26.5. The van der Waals surface area contributed by atoms with Crippen molar-refractivity contribution in [1.82, 2.24) is 4.90 Å². The van der Waals surface area contributed by atoms with Gasteiger partial charge < -0.3 is 10.2 Å². The van der Waals surface area contributed by atoms with Gasteiger partial charge in [0, 0.05) is 4.91 Å². The van der Waals surface area contributed by atoms with Crippen LogP contribution in [0.5, 0.6) is 0 Å². The third-order valence-electron chi connectivity index (χ3n) is 2.98. The highest BCUT2D eigenvalue weighted by molar-refractivity contribution is 8.04. The van der Waals surface area contributed by atoms with Crippen molar-refractivity contribution in [3.8, 4) is 0 Å². The van der Waals surface area contributed by atoms with E-state index in [4.69, 9.17) is 5.11 Å². The summed E-state index contributed by atoms with van der Waals surface area (Å²) in [5.41, 5.74) is -0.273. The Kier molecular flexibility index (Phi) is 3.84. The van der Waals surface area contributed by atoms with E-state index in [9.17, 15) is 23.1 Å². The first-order valence-corrected chi connectivity index (χ1v) is 8.31. The van der Waals surface area contributed by atoms with Crippen molar-refractivity contribution in [3.05, 3.63) is 10.6 Å². The molecule has 1 unspecified atom stereocenters. The van der Waals surface area contributed by atoms with Crippen LogP contribution in [0.2, 0.25) is 0 Å². The molecule has 3 atom stereocenters. The molecule has 2 N–H and O–H groups in total. The fourth-order valence-corrected chi connectivity index (χ4v) is 4.04. The first kappa shape index (κ1) is 15.3. The number of hydrogen-bond acceptors (Lipinski definition) is 7. The van der Waals surface area contributed by atoms with Crippen molar-refractivity contribution in [2.24, 2.45) is 5.92 Å². The maximum atomic E-state index is 11.8. The molecule has 1 saturated heterocycles. The number of carbonyl (C=O) groups is 2. The Balaban J connectivity index is 2.24. The van der Waals surface area contributed by atoms with Gasteiger partial charge >= 0.3 is 5.97 Å². The molecule has 0 aromatic heterocycles. The number of carboxylic acid groups (broad SMARTS) is 1. The summed E-state index contributed by atoms with van der Waals surface area (Å²) in [4.78, 5) is 24.3. The predicted octanol–water partition coefficient (Wildman–Crippen LogP) is -0.829. The number of aliphatic hydroxyl groups is 1. The molecule has 112 valence electrons. The minimum Gasteiger partial charge on any atom is -0.477 e. The van der Waals surface area contributed by atoms with Crippen LogP contribution in [0.25, 0.3) is 0 Å². The van der Waals surface area contributed by atoms with E-state index in [1.807, 2.05) is 0 Å². The maximum absolute atomic E-state index is 11.8. The molecule has 0 aliphatic carbocycles. The molecule has 20 heavy (non-hydrogen) atoms. The van der Waals surface area contributed by atoms with Gasteiger partial charge in [-0.1, -0.05) is 11.8 Å². The fourth-order valence-electron chi connectivity index (χ4n) is 2.12. The summed E-state index contributed by atoms with van der Waals surface area (Å²) in [6.45, 7) is 1.02. The van der Waals surface area contributed by atoms with Crippen molar-refractivity contribution < 1.29 is 32.4 Å². The van der Waals surface area contributed by atoms with Crippen molar-refractivity contribution in [3.63, 3.8) is 0 Å². The molecule has 2 aliphatic heterocycles. The molecular formula is C10H13NO7S2. The first-order chi connectivity index (χ1) is 9.13. The smallest absolute Gasteiger partial charge is 0.353 e. The monoisotopic (exact) mass is 323 g/mol. The van der Waals surface area contributed by atoms with Crippen LogP contribution in [0.15, 0.2) is 10.6 Å². The van der Waals surface area contributed by atoms with Crippen LogP contribution in [0.1, 0.15) is 6.92 Å². The molecule has 0 aromatic rings. The molecular weight excluding hydrogens is 310 g/mol. The Bertz CT molecular complexity index is 595. The highest BCUT2D eigenvalue weighted by atomic mass is 32.2. The second-order valence-corrected chi connectivity index (χ2v) is 7.38. The molecule has 0 bridgehead atoms. The number of fused-ring (bicyclic) bond motifs is 1. The molecule has 0 radical (unpaired) electrons. The SMILES string of the molecule is CC(O)[C@H]1C(=O)N2C(C(=O)O)=C(COS(C)(=O)=O)S[C@H]12. The summed E-state index contributed by atoms with van der Waals surface area (Å²) >= 11 is 1.03. The topological polar surface area (TPSA) is 121 Å². The van der Waals surface area contributed by atoms with E-state index >= 15 is 0 Å². The molecule has 1 fully saturated rings. The zero-order chi connectivity index (χ0) is 15.2. The van der Waals surface area contributed by atoms with Crippen LogP contribution in [-0.2, 0) is 23.9 Å². The van der Waals surface area contributed by atoms with Crippen molar-refractivity contribution in [2.75, 3.05) is 12.9 Å². The molecule has 0 spiro atoms. The summed E-state index contributed by atoms with van der Waals surface area (Å²) in [6, 6.07) is 0. The number of thioether (sulfide) groups is 1. The predicted molar refractivity (Wildman–Crippen MR) is 68.9 cm³/mol. The molecule has 2 rings (SSSR count). The summed E-state index contributed by atoms with van der Waals surface area (Å²) in [6.07, 6.45) is -0.0480. The second kappa shape index (κ2) is 5.02. The van der Waals surface area contributed by atoms with Gasteiger partial charge in [0.05, 0.1) is 24.9 Å². The van der Waals surface area contributed by atoms with Gasteiger partial charge in [0.1, 0.15) is 11.1 Å². The van der Waals surface area contributed by atoms with E-state index in [2.05, 4.69) is 4.18 Å². The van der Waals surface area contributed by atoms with Crippen molar-refractivity contribution >= 4 is 33.8 Å². The Morgan fingerprint density at radius 1 is 1.55 bits per heavy atom. The number of β-lactam (4-membered cyclic amide) rings is 1. The van der Waals surface area contributed by atoms with Gasteiger partial charge in [-0.3, -0.25) is 13.9 Å². The van der Waals surface area contributed by atoms with E-state index in [-0.39, 0.29) is 10.6 Å². The number of carbonyl (C=O) groups excluding carboxylic acids is 1. The van der Waals surface area contributed by atoms with E-state index in [0.29, 0.717) is 0 Å². The molecule has 10 heteroatoms. The van der Waals surface area contributed by atoms with Gasteiger partial charge in [-0.2, -0.15) is 8.42 Å². The van der Waals surface area contributed by atoms with E-state index in [0.717, 1.165) is 22.9 Å². The van der Waals surface area contributed by atoms with E-state index in [1.54, 1.807) is 0 Å². The number of amides is 1. The normalized spacial score (nSPS) is 27.4. The molecule has 1 amide bonds. The summed E-state index contributed by atoms with van der Waals surface area (Å²) in [5, 5.41) is 18.1. The lowest BCUT2D eigenvalue weighted by Crippen LogP contribution is -2.60. The highest BCUT2D eigenvalue weighted by Crippen LogP contribution is 2.50. The zero-order valence-electron chi connectivity index (χ0n) is 10.6. The van der Waals surface area contributed by atoms with E-state index < -0.39 is 46.0 Å². The zero-order valence-corrected chi connectivity index (χ0v) is 12.3. The van der Waals surface area contributed by atoms with Gasteiger partial charge in [0.2, 0.25) is 5.91 Å². The molecule has 2 heterocycles. The number of carboxylic acids is 1. The Morgan fingerprint density at radius 3 is 2.60 bits per heavy atom. The van der Waals surface area contributed by atoms with Crippen LogP contribution < -0.4 is 0 Å². The number of aliphatic carboxylic acids is 1. The van der Waals surface area contributed by atoms with Crippen LogP contribution in [0, 0.1) is 5.92 Å². The minimum absolute atomic E-state index is 0.157. The Hall–Kier alpha value is -1.10. The summed E-state index contributed by atoms with van der Waals surface area (Å²) in [7, 11) is -3.71. The van der Waals surface area contributed by atoms with Crippen LogP contribution in [0.4, 0.5) is 0 Å². The van der Waals surface area contributed by atoms with Gasteiger partial charge in [0.15, 0.2) is 0 Å². The minimum atomic E-state index is -3.71. The lowest BCUT2D eigenvalue weighted by molar-refractivity contribution is -0.156. The third kappa shape index (κ3) is 2.55. The molecule has 8 nitrogen and oxygen atoms in total. The van der Waals surface area contributed by atoms with E-state index in [1.165, 1.54) is 6.92 Å². The largest absolute Gasteiger partial charge is 0.477 e. The molecule has 0 saturated carbocycles. The first-order valence-electron chi connectivity index (χ1n) is 5.62. The molecule has 0 aromatic carbocycles. The summed E-state index contributed by atoms with van der Waals surface area (Å²) in [5.74, 6) is -2.50. The number of nitrogens with zero attached hydrogens (tertiary/aromatic N) is 1. The standard InChI is InChI=1S/C10H13NO7S2/c1-4(12)6-8(13)11-7(10(14)15)5(19-9(6)11)3-18-20(2,16)17/h4,6,9,12H,3H2,1-2H3,(H,14,15)/t4?,6-,9+/m0/s1. The fraction of sp³-hybridized carbons (Fsp3) is 0.600. The van der Waals surface area contributed by atoms with Crippen molar-refractivity contribution in [2.45, 2.75) is 18.4 Å². The van der Waals surface area contributed by atoms with Gasteiger partial charge in [0.25, 0.3) is 10.1 Å². The quantitative estimate of drug-likeness (QED) is 0.497. The van der Waals surface area contributed by atoms with Gasteiger partial charge in [-0.25, -0.2) is 4.79 Å². The van der Waals surface area contributed by atoms with Crippen molar-refractivity contribution in [1.29, 1.82) is 0 Å². The number of aliphatic hydroxyl groups excluding tert-OH is 1. The highest BCUT2D eigenvalue weighted by Gasteiger charge is 2.57. The van der Waals surface area contributed by atoms with Crippen LogP contribution >= 0.6 is 11.8 Å². The lowest BCUT2D eigenvalue weighted by atomic mass is 9.92. The maximum Gasteiger partial charge on any atom is 0.353 e. The second-order valence-electron chi connectivity index (χ2n) is 4.53. The van der Waals surface area contributed by atoms with Crippen LogP contribution in [-0.4, -0.2) is 59.7 Å². The Morgan fingerprint density at radius 2 is 2.15 bits per heavy atom. The number of rotatable bonds is 5. The van der Waals surface area contributed by atoms with Gasteiger partial charge in [-0.15, -0.1) is 0 Å². The third-order valence-corrected chi connectivity index (χ3v) is 4.87. The average Bonchev–Trinajstić information content (AvgIpc) is 2.59.